The van der Waals surface area contributed by atoms with Crippen LogP contribution in [0.1, 0.15) is 12.5 Å². The molecule has 106 valence electrons. The van der Waals surface area contributed by atoms with Crippen molar-refractivity contribution < 1.29 is 4.79 Å². The van der Waals surface area contributed by atoms with Crippen LogP contribution in [0.15, 0.2) is 53.1 Å². The van der Waals surface area contributed by atoms with E-state index in [4.69, 9.17) is 12.2 Å². The van der Waals surface area contributed by atoms with E-state index in [1.807, 2.05) is 24.3 Å². The van der Waals surface area contributed by atoms with Gasteiger partial charge in [-0.25, -0.2) is 0 Å². The number of fused-ring (bicyclic) bond motifs is 1. The predicted octanol–water partition coefficient (Wildman–Crippen LogP) is 3.46. The summed E-state index contributed by atoms with van der Waals surface area (Å²) < 4.78 is 0.515. The van der Waals surface area contributed by atoms with E-state index in [1.54, 1.807) is 0 Å². The molecule has 1 N–H and O–H groups in total. The molecule has 2 heterocycles. The first kappa shape index (κ1) is 14.1. The fraction of sp³-hybridized carbons (Fsp3) is 0.125. The van der Waals surface area contributed by atoms with E-state index in [-0.39, 0.29) is 5.91 Å². The van der Waals surface area contributed by atoms with Gasteiger partial charge in [0.05, 0.1) is 4.91 Å². The molecule has 21 heavy (non-hydrogen) atoms. The van der Waals surface area contributed by atoms with Gasteiger partial charge in [-0.3, -0.25) is 4.79 Å². The third-order valence-electron chi connectivity index (χ3n) is 3.34. The Bertz CT molecular complexity index is 704. The Morgan fingerprint density at radius 1 is 1.29 bits per heavy atom. The van der Waals surface area contributed by atoms with Gasteiger partial charge in [0.15, 0.2) is 0 Å². The first-order valence-corrected chi connectivity index (χ1v) is 7.91. The van der Waals surface area contributed by atoms with Crippen molar-refractivity contribution in [3.63, 3.8) is 0 Å². The first-order chi connectivity index (χ1) is 10.2. The van der Waals surface area contributed by atoms with Crippen LogP contribution in [-0.4, -0.2) is 16.8 Å². The minimum atomic E-state index is -0.120. The number of rotatable bonds is 2. The second kappa shape index (κ2) is 5.87. The molecule has 1 amide bonds. The van der Waals surface area contributed by atoms with Gasteiger partial charge in [-0.05, 0) is 36.8 Å². The van der Waals surface area contributed by atoms with Crippen molar-refractivity contribution in [2.24, 2.45) is 0 Å². The lowest BCUT2D eigenvalue weighted by Crippen LogP contribution is -2.23. The summed E-state index contributed by atoms with van der Waals surface area (Å²) in [5, 5.41) is 2.62. The van der Waals surface area contributed by atoms with Crippen LogP contribution in [0.2, 0.25) is 0 Å². The highest BCUT2D eigenvalue weighted by Gasteiger charge is 2.21. The van der Waals surface area contributed by atoms with E-state index in [1.165, 1.54) is 23.0 Å². The van der Waals surface area contributed by atoms with Crippen LogP contribution in [0.3, 0.4) is 0 Å². The lowest BCUT2D eigenvalue weighted by Gasteiger charge is -2.29. The molecule has 0 spiro atoms. The summed E-state index contributed by atoms with van der Waals surface area (Å²) >= 11 is 6.29. The summed E-state index contributed by atoms with van der Waals surface area (Å²) in [7, 11) is 0. The van der Waals surface area contributed by atoms with Crippen LogP contribution >= 0.6 is 24.0 Å². The molecule has 2 aliphatic rings. The minimum Gasteiger partial charge on any atom is -0.341 e. The van der Waals surface area contributed by atoms with Gasteiger partial charge in [-0.1, -0.05) is 48.3 Å². The maximum absolute atomic E-state index is 11.7. The number of hydrogen-bond donors (Lipinski definition) is 1. The summed E-state index contributed by atoms with van der Waals surface area (Å²) in [6, 6.07) is 8.28. The molecule has 5 heteroatoms. The normalized spacial score (nSPS) is 21.1. The standard InChI is InChI=1S/C16H14N2OS2/c1-2-18-12(8-7-11-5-3-4-6-13(11)18)9-10-14-15(19)17-16(20)21-14/h3-10H,2H2,1H3,(H,17,19,20). The maximum Gasteiger partial charge on any atom is 0.263 e. The van der Waals surface area contributed by atoms with Gasteiger partial charge >= 0.3 is 0 Å². The second-order valence-electron chi connectivity index (χ2n) is 4.60. The van der Waals surface area contributed by atoms with Gasteiger partial charge in [0.2, 0.25) is 0 Å². The summed E-state index contributed by atoms with van der Waals surface area (Å²) in [5.41, 5.74) is 3.46. The van der Waals surface area contributed by atoms with Crippen molar-refractivity contribution in [3.8, 4) is 0 Å². The molecule has 0 radical (unpaired) electrons. The Hall–Kier alpha value is -1.85. The van der Waals surface area contributed by atoms with E-state index in [2.05, 4.69) is 41.4 Å². The van der Waals surface area contributed by atoms with Crippen molar-refractivity contribution in [1.29, 1.82) is 0 Å². The second-order valence-corrected chi connectivity index (χ2v) is 6.32. The number of hydrogen-bond acceptors (Lipinski definition) is 4. The molecule has 1 saturated heterocycles. The van der Waals surface area contributed by atoms with Gasteiger partial charge in [0.1, 0.15) is 4.32 Å². The molecule has 1 aromatic carbocycles. The number of allylic oxidation sites excluding steroid dienone is 3. The molecule has 0 aliphatic carbocycles. The number of benzene rings is 1. The number of anilines is 1. The van der Waals surface area contributed by atoms with Crippen molar-refractivity contribution in [2.75, 3.05) is 11.4 Å². The number of nitrogens with zero attached hydrogens (tertiary/aromatic N) is 1. The number of para-hydroxylation sites is 1. The van der Waals surface area contributed by atoms with Crippen LogP contribution in [0.4, 0.5) is 5.69 Å². The van der Waals surface area contributed by atoms with Gasteiger partial charge < -0.3 is 10.2 Å². The lowest BCUT2D eigenvalue weighted by atomic mass is 10.1. The SMILES string of the molecule is CCN1C(=CC=C2SC(=S)NC2=O)C=Cc2ccccc21. The van der Waals surface area contributed by atoms with Crippen molar-refractivity contribution in [1.82, 2.24) is 5.32 Å². The molecule has 2 aliphatic heterocycles. The average molecular weight is 314 g/mol. The van der Waals surface area contributed by atoms with Crippen LogP contribution < -0.4 is 10.2 Å². The highest BCUT2D eigenvalue weighted by atomic mass is 32.2. The third kappa shape index (κ3) is 2.80. The van der Waals surface area contributed by atoms with Crippen LogP contribution in [0, 0.1) is 0 Å². The minimum absolute atomic E-state index is 0.120. The third-order valence-corrected chi connectivity index (χ3v) is 4.52. The zero-order valence-electron chi connectivity index (χ0n) is 11.5. The number of amides is 1. The topological polar surface area (TPSA) is 32.3 Å². The highest BCUT2D eigenvalue weighted by molar-refractivity contribution is 8.26. The Labute approximate surface area is 133 Å². The largest absolute Gasteiger partial charge is 0.341 e. The van der Waals surface area contributed by atoms with Gasteiger partial charge in [-0.15, -0.1) is 0 Å². The molecule has 0 aromatic heterocycles. The number of thiocarbonyl (C=S) groups is 1. The van der Waals surface area contributed by atoms with Crippen LogP contribution in [-0.2, 0) is 4.79 Å². The Morgan fingerprint density at radius 3 is 2.81 bits per heavy atom. The van der Waals surface area contributed by atoms with Crippen LogP contribution in [0.25, 0.3) is 6.08 Å². The van der Waals surface area contributed by atoms with E-state index >= 15 is 0 Å². The number of nitrogens with one attached hydrogen (secondary N) is 1. The summed E-state index contributed by atoms with van der Waals surface area (Å²) in [6.07, 6.45) is 7.96. The van der Waals surface area contributed by atoms with Gasteiger partial charge in [0, 0.05) is 17.9 Å². The highest BCUT2D eigenvalue weighted by Crippen LogP contribution is 2.31. The lowest BCUT2D eigenvalue weighted by molar-refractivity contribution is -0.115. The van der Waals surface area contributed by atoms with Crippen molar-refractivity contribution in [2.45, 2.75) is 6.92 Å². The van der Waals surface area contributed by atoms with E-state index < -0.39 is 0 Å². The number of carbonyl (C=O) groups excluding carboxylic acids is 1. The summed E-state index contributed by atoms with van der Waals surface area (Å²) in [5.74, 6) is -0.120. The summed E-state index contributed by atoms with van der Waals surface area (Å²) in [4.78, 5) is 14.5. The average Bonchev–Trinajstić information content (AvgIpc) is 2.82. The molecular formula is C16H14N2OS2. The molecule has 1 aromatic rings. The maximum atomic E-state index is 11.7. The predicted molar refractivity (Wildman–Crippen MR) is 93.0 cm³/mol. The van der Waals surface area contributed by atoms with Gasteiger partial charge in [0.25, 0.3) is 5.91 Å². The van der Waals surface area contributed by atoms with Gasteiger partial charge in [-0.2, -0.15) is 0 Å². The Morgan fingerprint density at radius 2 is 2.10 bits per heavy atom. The molecule has 0 saturated carbocycles. The van der Waals surface area contributed by atoms with E-state index in [0.29, 0.717) is 9.23 Å². The zero-order chi connectivity index (χ0) is 14.8. The molecule has 1 fully saturated rings. The smallest absolute Gasteiger partial charge is 0.263 e. The van der Waals surface area contributed by atoms with Crippen molar-refractivity contribution >= 4 is 46.0 Å². The number of thioether (sulfide) groups is 1. The summed E-state index contributed by atoms with van der Waals surface area (Å²) in [6.45, 7) is 2.98. The molecular weight excluding hydrogens is 300 g/mol. The molecule has 3 nitrogen and oxygen atoms in total. The van der Waals surface area contributed by atoms with Crippen molar-refractivity contribution in [3.05, 3.63) is 58.7 Å². The quantitative estimate of drug-likeness (QED) is 0.669. The van der Waals surface area contributed by atoms with E-state index in [9.17, 15) is 4.79 Å². The fourth-order valence-corrected chi connectivity index (χ4v) is 3.36. The number of likely N-dealkylation sites (N-methyl/N-ethyl adjacent to an activating group) is 1. The molecule has 0 bridgehead atoms. The zero-order valence-corrected chi connectivity index (χ0v) is 13.1. The molecule has 0 atom stereocenters. The molecule has 0 unspecified atom stereocenters. The number of carbonyl (C=O) groups is 1. The monoisotopic (exact) mass is 314 g/mol. The van der Waals surface area contributed by atoms with E-state index in [0.717, 1.165) is 12.2 Å². The Kier molecular flexibility index (Phi) is 3.94. The Balaban J connectivity index is 1.93. The fourth-order valence-electron chi connectivity index (χ4n) is 2.37. The first-order valence-electron chi connectivity index (χ1n) is 6.69. The van der Waals surface area contributed by atoms with Crippen LogP contribution in [0.5, 0.6) is 0 Å². The molecule has 3 rings (SSSR count).